The Balaban J connectivity index is 1.72. The van der Waals surface area contributed by atoms with Crippen molar-refractivity contribution in [2.45, 2.75) is 57.2 Å². The number of likely N-dealkylation sites (N-methyl/N-ethyl adjacent to an activating group) is 1. The Kier molecular flexibility index (Phi) is 9.76. The molecular formula is C31H37F3N4O6S. The van der Waals surface area contributed by atoms with Gasteiger partial charge in [-0.1, -0.05) is 6.07 Å². The number of pyridine rings is 1. The molecule has 4 rings (SSSR count). The highest BCUT2D eigenvalue weighted by Crippen LogP contribution is 2.36. The molecule has 1 aromatic heterocycles. The lowest BCUT2D eigenvalue weighted by Gasteiger charge is -2.30. The number of likely N-dealkylation sites (tertiary alicyclic amines) is 1. The SMILES string of the molecule is COc1ccc(CN(c2cccc(F)n2)S(=O)(=O)c2c(F)cc(N(C)[C@H]3CCN(C(=O)OC(C)(C)C)C3)c(C)c2F)c(OC)c1. The molecular weight excluding hydrogens is 613 g/mol. The first kappa shape index (κ1) is 33.7. The summed E-state index contributed by atoms with van der Waals surface area (Å²) >= 11 is 0. The van der Waals surface area contributed by atoms with Crippen molar-refractivity contribution >= 4 is 27.6 Å². The molecule has 3 aromatic rings. The third kappa shape index (κ3) is 7.21. The van der Waals surface area contributed by atoms with Gasteiger partial charge in [-0.2, -0.15) is 4.39 Å². The van der Waals surface area contributed by atoms with E-state index in [1.165, 1.54) is 50.3 Å². The molecule has 0 saturated carbocycles. The van der Waals surface area contributed by atoms with Gasteiger partial charge in [-0.3, -0.25) is 0 Å². The van der Waals surface area contributed by atoms with E-state index >= 15 is 8.78 Å². The van der Waals surface area contributed by atoms with E-state index < -0.39 is 56.6 Å². The van der Waals surface area contributed by atoms with Gasteiger partial charge in [-0.25, -0.2) is 31.3 Å². The number of aromatic nitrogens is 1. The highest BCUT2D eigenvalue weighted by Gasteiger charge is 2.37. The summed E-state index contributed by atoms with van der Waals surface area (Å²) in [6.45, 7) is 6.75. The minimum absolute atomic E-state index is 0.118. The number of hydrogen-bond donors (Lipinski definition) is 0. The van der Waals surface area contributed by atoms with Gasteiger partial charge >= 0.3 is 6.09 Å². The molecule has 0 radical (unpaired) electrons. The molecule has 45 heavy (non-hydrogen) atoms. The second-order valence-corrected chi connectivity index (χ2v) is 13.4. The van der Waals surface area contributed by atoms with Crippen LogP contribution in [0.2, 0.25) is 0 Å². The lowest BCUT2D eigenvalue weighted by molar-refractivity contribution is 0.0292. The van der Waals surface area contributed by atoms with Crippen LogP contribution in [-0.2, 0) is 21.3 Å². The van der Waals surface area contributed by atoms with E-state index in [1.807, 2.05) is 0 Å². The number of methoxy groups -OCH3 is 2. The van der Waals surface area contributed by atoms with Crippen LogP contribution in [0.1, 0.15) is 38.3 Å². The first-order valence-electron chi connectivity index (χ1n) is 14.1. The number of anilines is 2. The van der Waals surface area contributed by atoms with E-state index in [2.05, 4.69) is 4.98 Å². The van der Waals surface area contributed by atoms with Gasteiger partial charge in [-0.05, 0) is 64.4 Å². The maximum Gasteiger partial charge on any atom is 0.410 e. The number of carbonyl (C=O) groups excluding carboxylic acids is 1. The zero-order chi connectivity index (χ0) is 33.3. The quantitative estimate of drug-likeness (QED) is 0.274. The smallest absolute Gasteiger partial charge is 0.410 e. The third-order valence-electron chi connectivity index (χ3n) is 7.45. The molecule has 1 aliphatic rings. The molecule has 244 valence electrons. The van der Waals surface area contributed by atoms with E-state index in [1.54, 1.807) is 38.8 Å². The number of amides is 1. The molecule has 0 unspecified atom stereocenters. The van der Waals surface area contributed by atoms with Crippen molar-refractivity contribution < 1.29 is 40.6 Å². The Morgan fingerprint density at radius 2 is 1.80 bits per heavy atom. The van der Waals surface area contributed by atoms with Gasteiger partial charge in [0.2, 0.25) is 5.95 Å². The highest BCUT2D eigenvalue weighted by molar-refractivity contribution is 7.92. The van der Waals surface area contributed by atoms with Crippen LogP contribution in [0.5, 0.6) is 11.5 Å². The number of nitrogens with zero attached hydrogens (tertiary/aromatic N) is 4. The Bertz CT molecular complexity index is 1680. The molecule has 2 aromatic carbocycles. The second kappa shape index (κ2) is 13.0. The van der Waals surface area contributed by atoms with Crippen LogP contribution in [0.3, 0.4) is 0 Å². The van der Waals surface area contributed by atoms with E-state index in [4.69, 9.17) is 14.2 Å². The monoisotopic (exact) mass is 650 g/mol. The van der Waals surface area contributed by atoms with Crippen LogP contribution in [0, 0.1) is 24.5 Å². The predicted molar refractivity (Wildman–Crippen MR) is 163 cm³/mol. The standard InChI is InChI=1S/C31H37F3N4O6S/c1-19-24(36(5)21-13-14-37(18-21)30(39)44-31(2,3)4)16-23(32)29(28(19)34)45(40,41)38(27-10-8-9-26(33)35-27)17-20-11-12-22(42-6)15-25(20)43-7/h8-12,15-16,21H,13-14,17-18H2,1-7H3/t21-/m0/s1. The molecule has 2 heterocycles. The molecule has 0 spiro atoms. The maximum atomic E-state index is 16.1. The summed E-state index contributed by atoms with van der Waals surface area (Å²) in [5, 5.41) is 0. The average molecular weight is 651 g/mol. The van der Waals surface area contributed by atoms with Crippen molar-refractivity contribution in [2.75, 3.05) is 43.6 Å². The molecule has 1 fully saturated rings. The maximum absolute atomic E-state index is 16.1. The van der Waals surface area contributed by atoms with Gasteiger partial charge in [0.05, 0.1) is 20.8 Å². The van der Waals surface area contributed by atoms with Crippen molar-refractivity contribution in [3.8, 4) is 11.5 Å². The first-order valence-corrected chi connectivity index (χ1v) is 15.6. The van der Waals surface area contributed by atoms with E-state index in [-0.39, 0.29) is 29.6 Å². The summed E-state index contributed by atoms with van der Waals surface area (Å²) in [6.07, 6.45) is 0.00901. The lowest BCUT2D eigenvalue weighted by atomic mass is 10.1. The zero-order valence-corrected chi connectivity index (χ0v) is 27.0. The summed E-state index contributed by atoms with van der Waals surface area (Å²) in [7, 11) is -0.578. The molecule has 1 saturated heterocycles. The van der Waals surface area contributed by atoms with E-state index in [0.717, 1.165) is 12.1 Å². The summed E-state index contributed by atoms with van der Waals surface area (Å²) in [4.78, 5) is 18.2. The van der Waals surface area contributed by atoms with Crippen molar-refractivity contribution in [3.63, 3.8) is 0 Å². The van der Waals surface area contributed by atoms with E-state index in [0.29, 0.717) is 28.6 Å². The molecule has 0 aliphatic carbocycles. The fourth-order valence-electron chi connectivity index (χ4n) is 5.10. The van der Waals surface area contributed by atoms with Crippen LogP contribution in [0.25, 0.3) is 0 Å². The minimum Gasteiger partial charge on any atom is -0.497 e. The summed E-state index contributed by atoms with van der Waals surface area (Å²) in [5.41, 5.74) is -0.384. The Morgan fingerprint density at radius 1 is 1.09 bits per heavy atom. The van der Waals surface area contributed by atoms with E-state index in [9.17, 15) is 17.6 Å². The molecule has 10 nitrogen and oxygen atoms in total. The number of ether oxygens (including phenoxy) is 3. The van der Waals surface area contributed by atoms with Gasteiger partial charge in [-0.15, -0.1) is 0 Å². The van der Waals surface area contributed by atoms with Gasteiger partial charge < -0.3 is 24.0 Å². The molecule has 14 heteroatoms. The number of carbonyl (C=O) groups is 1. The van der Waals surface area contributed by atoms with Crippen LogP contribution in [0.4, 0.5) is 29.5 Å². The fourth-order valence-corrected chi connectivity index (χ4v) is 6.67. The average Bonchev–Trinajstić information content (AvgIpc) is 3.47. The van der Waals surface area contributed by atoms with Crippen LogP contribution in [-0.4, -0.2) is 70.4 Å². The zero-order valence-electron chi connectivity index (χ0n) is 26.2. The van der Waals surface area contributed by atoms with Crippen molar-refractivity contribution in [2.24, 2.45) is 0 Å². The number of halogens is 3. The number of hydrogen-bond acceptors (Lipinski definition) is 8. The topological polar surface area (TPSA) is 102 Å². The van der Waals surface area contributed by atoms with Crippen molar-refractivity contribution in [1.82, 2.24) is 9.88 Å². The minimum atomic E-state index is -5.01. The lowest BCUT2D eigenvalue weighted by Crippen LogP contribution is -2.39. The van der Waals surface area contributed by atoms with Crippen molar-refractivity contribution in [3.05, 3.63) is 71.2 Å². The Labute approximate surface area is 261 Å². The first-order chi connectivity index (χ1) is 21.1. The van der Waals surface area contributed by atoms with Crippen LogP contribution >= 0.6 is 0 Å². The van der Waals surface area contributed by atoms with Gasteiger partial charge in [0.25, 0.3) is 10.0 Å². The summed E-state index contributed by atoms with van der Waals surface area (Å²) < 4.78 is 91.0. The largest absolute Gasteiger partial charge is 0.497 e. The summed E-state index contributed by atoms with van der Waals surface area (Å²) in [6, 6.07) is 8.72. The number of benzene rings is 2. The molecule has 1 aliphatic heterocycles. The normalized spacial score (nSPS) is 15.2. The molecule has 1 amide bonds. The number of rotatable bonds is 9. The Morgan fingerprint density at radius 3 is 2.42 bits per heavy atom. The molecule has 0 bridgehead atoms. The van der Waals surface area contributed by atoms with Crippen LogP contribution in [0.15, 0.2) is 47.4 Å². The summed E-state index contributed by atoms with van der Waals surface area (Å²) in [5.74, 6) is -3.36. The Hall–Kier alpha value is -4.20. The fraction of sp³-hybridized carbons (Fsp3) is 0.419. The van der Waals surface area contributed by atoms with Gasteiger partial charge in [0.1, 0.15) is 28.7 Å². The van der Waals surface area contributed by atoms with Gasteiger partial charge in [0, 0.05) is 49.1 Å². The molecule has 0 N–H and O–H groups in total. The highest BCUT2D eigenvalue weighted by atomic mass is 32.2. The number of sulfonamides is 1. The van der Waals surface area contributed by atoms with Crippen molar-refractivity contribution in [1.29, 1.82) is 0 Å². The third-order valence-corrected chi connectivity index (χ3v) is 9.23. The second-order valence-electron chi connectivity index (χ2n) is 11.6. The van der Waals surface area contributed by atoms with Crippen LogP contribution < -0.4 is 18.7 Å². The predicted octanol–water partition coefficient (Wildman–Crippen LogP) is 5.67. The van der Waals surface area contributed by atoms with Gasteiger partial charge in [0.15, 0.2) is 10.7 Å². The molecule has 1 atom stereocenters.